The Hall–Kier alpha value is -3.31. The van der Waals surface area contributed by atoms with Crippen LogP contribution in [0, 0.1) is 0 Å². The van der Waals surface area contributed by atoms with Gasteiger partial charge in [-0.2, -0.15) is 0 Å². The van der Waals surface area contributed by atoms with E-state index in [0.717, 1.165) is 51.4 Å². The Morgan fingerprint density at radius 3 is 2.75 bits per heavy atom. The Morgan fingerprint density at radius 2 is 1.94 bits per heavy atom. The molecule has 3 aliphatic rings. The number of ether oxygens (including phenoxy) is 3. The molecule has 32 heavy (non-hydrogen) atoms. The van der Waals surface area contributed by atoms with Crippen molar-refractivity contribution >= 4 is 17.4 Å². The van der Waals surface area contributed by atoms with Crippen LogP contribution in [0.3, 0.4) is 0 Å². The second kappa shape index (κ2) is 8.67. The molecule has 2 aromatic rings. The van der Waals surface area contributed by atoms with Crippen molar-refractivity contribution in [2.45, 2.75) is 18.9 Å². The molecule has 0 N–H and O–H groups in total. The van der Waals surface area contributed by atoms with Crippen LogP contribution in [0.15, 0.2) is 60.4 Å². The van der Waals surface area contributed by atoms with Crippen LogP contribution in [0.5, 0.6) is 11.5 Å². The molecule has 2 aromatic carbocycles. The number of ketones is 1. The highest BCUT2D eigenvalue weighted by Crippen LogP contribution is 2.43. The van der Waals surface area contributed by atoms with Gasteiger partial charge < -0.3 is 19.1 Å². The Bertz CT molecular complexity index is 1130. The second-order valence-corrected chi connectivity index (χ2v) is 8.62. The van der Waals surface area contributed by atoms with E-state index in [4.69, 9.17) is 14.2 Å². The highest BCUT2D eigenvalue weighted by atomic mass is 16.5. The first kappa shape index (κ1) is 20.6. The summed E-state index contributed by atoms with van der Waals surface area (Å²) >= 11 is 0. The number of allylic oxidation sites excluding steroid dienone is 2. The number of likely N-dealkylation sites (N-methyl/N-ethyl adjacent to an activating group) is 1. The molecule has 0 unspecified atom stereocenters. The van der Waals surface area contributed by atoms with E-state index in [0.29, 0.717) is 26.1 Å². The normalized spacial score (nSPS) is 19.0. The molecular formula is C27H27NO4. The van der Waals surface area contributed by atoms with E-state index >= 15 is 0 Å². The van der Waals surface area contributed by atoms with E-state index < -0.39 is 0 Å². The summed E-state index contributed by atoms with van der Waals surface area (Å²) in [7, 11) is 4.05. The lowest BCUT2D eigenvalue weighted by Gasteiger charge is -2.24. The van der Waals surface area contributed by atoms with Gasteiger partial charge in [0, 0.05) is 36.1 Å². The zero-order valence-electron chi connectivity index (χ0n) is 18.5. The molecule has 2 aliphatic heterocycles. The molecule has 0 saturated carbocycles. The first-order valence-electron chi connectivity index (χ1n) is 11.0. The van der Waals surface area contributed by atoms with Gasteiger partial charge in [-0.05, 0) is 55.1 Å². The van der Waals surface area contributed by atoms with Crippen molar-refractivity contribution in [3.8, 4) is 11.5 Å². The molecule has 1 atom stereocenters. The number of fused-ring (bicyclic) bond motifs is 5. The number of carbonyl (C=O) groups is 1. The molecule has 0 radical (unpaired) electrons. The lowest BCUT2D eigenvalue weighted by molar-refractivity contribution is -0.117. The minimum Gasteiger partial charge on any atom is -0.492 e. The van der Waals surface area contributed by atoms with Crippen LogP contribution in [0.1, 0.15) is 34.8 Å². The number of Topliss-reactive ketones (excluding diaryl/α,β-unsaturated/α-hetero) is 1. The number of carbonyl (C=O) groups excluding carboxylic acids is 1. The quantitative estimate of drug-likeness (QED) is 0.696. The fourth-order valence-electron chi connectivity index (χ4n) is 4.35. The van der Waals surface area contributed by atoms with Crippen LogP contribution < -0.4 is 9.47 Å². The number of benzene rings is 2. The summed E-state index contributed by atoms with van der Waals surface area (Å²) < 4.78 is 17.8. The molecule has 2 heterocycles. The molecule has 0 saturated heterocycles. The van der Waals surface area contributed by atoms with Gasteiger partial charge in [-0.1, -0.05) is 30.3 Å². The predicted octanol–water partition coefficient (Wildman–Crippen LogP) is 4.59. The van der Waals surface area contributed by atoms with E-state index in [-0.39, 0.29) is 11.9 Å². The highest BCUT2D eigenvalue weighted by Gasteiger charge is 2.29. The van der Waals surface area contributed by atoms with Gasteiger partial charge in [0.1, 0.15) is 36.6 Å². The van der Waals surface area contributed by atoms with Crippen molar-refractivity contribution in [1.82, 2.24) is 4.90 Å². The lowest BCUT2D eigenvalue weighted by Crippen LogP contribution is -2.19. The van der Waals surface area contributed by atoms with Crippen molar-refractivity contribution < 1.29 is 19.0 Å². The Morgan fingerprint density at radius 1 is 1.09 bits per heavy atom. The zero-order valence-corrected chi connectivity index (χ0v) is 18.5. The van der Waals surface area contributed by atoms with Gasteiger partial charge in [0.15, 0.2) is 0 Å². The first-order chi connectivity index (χ1) is 15.6. The van der Waals surface area contributed by atoms with Crippen LogP contribution in [0.4, 0.5) is 0 Å². The van der Waals surface area contributed by atoms with Crippen molar-refractivity contribution in [2.75, 3.05) is 33.9 Å². The van der Waals surface area contributed by atoms with Gasteiger partial charge in [-0.3, -0.25) is 4.79 Å². The smallest absolute Gasteiger partial charge is 0.142 e. The zero-order chi connectivity index (χ0) is 22.1. The molecule has 5 nitrogen and oxygen atoms in total. The number of hydrogen-bond acceptors (Lipinski definition) is 5. The van der Waals surface area contributed by atoms with E-state index in [9.17, 15) is 4.79 Å². The van der Waals surface area contributed by atoms with Gasteiger partial charge in [0.05, 0.1) is 6.26 Å². The molecule has 0 bridgehead atoms. The largest absolute Gasteiger partial charge is 0.492 e. The maximum absolute atomic E-state index is 12.8. The van der Waals surface area contributed by atoms with Gasteiger partial charge >= 0.3 is 0 Å². The number of rotatable bonds is 5. The summed E-state index contributed by atoms with van der Waals surface area (Å²) in [4.78, 5) is 14.9. The van der Waals surface area contributed by atoms with Crippen LogP contribution in [-0.4, -0.2) is 44.5 Å². The first-order valence-corrected chi connectivity index (χ1v) is 11.0. The summed E-state index contributed by atoms with van der Waals surface area (Å²) in [6.07, 6.45) is 8.48. The molecular weight excluding hydrogens is 402 g/mol. The van der Waals surface area contributed by atoms with E-state index in [2.05, 4.69) is 29.2 Å². The minimum atomic E-state index is -0.226. The van der Waals surface area contributed by atoms with Crippen molar-refractivity contribution in [1.29, 1.82) is 0 Å². The molecule has 5 rings (SSSR count). The maximum Gasteiger partial charge on any atom is 0.142 e. The van der Waals surface area contributed by atoms with Crippen molar-refractivity contribution in [3.63, 3.8) is 0 Å². The van der Waals surface area contributed by atoms with Gasteiger partial charge in [-0.25, -0.2) is 0 Å². The Kier molecular flexibility index (Phi) is 5.58. The van der Waals surface area contributed by atoms with E-state index in [1.807, 2.05) is 50.7 Å². The van der Waals surface area contributed by atoms with Crippen LogP contribution in [0.25, 0.3) is 11.6 Å². The minimum absolute atomic E-state index is 0.192. The molecule has 164 valence electrons. The summed E-state index contributed by atoms with van der Waals surface area (Å²) in [5.41, 5.74) is 6.04. The third kappa shape index (κ3) is 4.08. The van der Waals surface area contributed by atoms with Crippen LogP contribution >= 0.6 is 0 Å². The fraction of sp³-hybridized carbons (Fsp3) is 0.296. The van der Waals surface area contributed by atoms with E-state index in [1.165, 1.54) is 0 Å². The third-order valence-electron chi connectivity index (χ3n) is 6.01. The van der Waals surface area contributed by atoms with E-state index in [1.54, 1.807) is 0 Å². The Balaban J connectivity index is 1.39. The fourth-order valence-corrected chi connectivity index (χ4v) is 4.35. The second-order valence-electron chi connectivity index (χ2n) is 8.62. The monoisotopic (exact) mass is 429 g/mol. The van der Waals surface area contributed by atoms with Crippen molar-refractivity contribution in [3.05, 3.63) is 82.6 Å². The van der Waals surface area contributed by atoms with Crippen molar-refractivity contribution in [2.24, 2.45) is 0 Å². The predicted molar refractivity (Wildman–Crippen MR) is 125 cm³/mol. The Labute approximate surface area is 188 Å². The summed E-state index contributed by atoms with van der Waals surface area (Å²) in [6, 6.07) is 12.1. The summed E-state index contributed by atoms with van der Waals surface area (Å²) in [5.74, 6) is 1.86. The third-order valence-corrected chi connectivity index (χ3v) is 6.01. The average Bonchev–Trinajstić information content (AvgIpc) is 2.94. The van der Waals surface area contributed by atoms with Crippen LogP contribution in [-0.2, 0) is 16.0 Å². The maximum atomic E-state index is 12.8. The van der Waals surface area contributed by atoms with Gasteiger partial charge in [-0.15, -0.1) is 0 Å². The topological polar surface area (TPSA) is 48.0 Å². The molecule has 0 aromatic heterocycles. The SMILES string of the molecule is CN(C)CCOc1ccc([C@H]2C=C3CC(=O)Cc4c(ccc5c4OCC=C5)C3=CO2)cc1. The number of hydrogen-bond donors (Lipinski definition) is 0. The highest BCUT2D eigenvalue weighted by molar-refractivity contribution is 5.96. The summed E-state index contributed by atoms with van der Waals surface area (Å²) in [6.45, 7) is 2.05. The standard InChI is InChI=1S/C27H27NO4/c1-28(2)11-13-30-22-8-5-18(6-9-22)26-15-20-14-21(29)16-24-23(25(20)17-32-26)10-7-19-4-3-12-31-27(19)24/h3-10,15,17,26H,11-14,16H2,1-2H3/t26-/m1/s1. The van der Waals surface area contributed by atoms with Gasteiger partial charge in [0.25, 0.3) is 0 Å². The van der Waals surface area contributed by atoms with Gasteiger partial charge in [0.2, 0.25) is 0 Å². The average molecular weight is 430 g/mol. The number of nitrogens with zero attached hydrogens (tertiary/aromatic N) is 1. The molecule has 0 spiro atoms. The summed E-state index contributed by atoms with van der Waals surface area (Å²) in [5, 5.41) is 0. The molecule has 5 heteroatoms. The molecule has 0 amide bonds. The lowest BCUT2D eigenvalue weighted by atomic mass is 9.91. The molecule has 0 fully saturated rings. The molecule has 1 aliphatic carbocycles. The van der Waals surface area contributed by atoms with Crippen LogP contribution in [0.2, 0.25) is 0 Å².